The minimum absolute atomic E-state index is 0.0236. The van der Waals surface area contributed by atoms with E-state index in [1.807, 2.05) is 43.3 Å². The standard InChI is InChI=1S/C17H21NO/c1-3-5-14-8-10-16(11-9-14)19-17-7-4-6-15(12-17)13(2)18/h4,6-13H,3,5,18H2,1-2H3. The second-order valence-corrected chi connectivity index (χ2v) is 4.86. The zero-order valence-corrected chi connectivity index (χ0v) is 11.6. The van der Waals surface area contributed by atoms with E-state index in [4.69, 9.17) is 10.5 Å². The van der Waals surface area contributed by atoms with Gasteiger partial charge in [0.1, 0.15) is 11.5 Å². The topological polar surface area (TPSA) is 35.2 Å². The molecule has 2 rings (SSSR count). The van der Waals surface area contributed by atoms with Gasteiger partial charge in [-0.3, -0.25) is 0 Å². The van der Waals surface area contributed by atoms with E-state index in [1.165, 1.54) is 5.56 Å². The molecule has 0 aliphatic carbocycles. The van der Waals surface area contributed by atoms with Crippen LogP contribution in [0.4, 0.5) is 0 Å². The van der Waals surface area contributed by atoms with Gasteiger partial charge in [-0.1, -0.05) is 37.6 Å². The zero-order valence-electron chi connectivity index (χ0n) is 11.6. The largest absolute Gasteiger partial charge is 0.457 e. The summed E-state index contributed by atoms with van der Waals surface area (Å²) in [4.78, 5) is 0. The highest BCUT2D eigenvalue weighted by molar-refractivity contribution is 5.36. The van der Waals surface area contributed by atoms with E-state index in [-0.39, 0.29) is 6.04 Å². The monoisotopic (exact) mass is 255 g/mol. The molecule has 0 amide bonds. The van der Waals surface area contributed by atoms with Gasteiger partial charge in [-0.25, -0.2) is 0 Å². The van der Waals surface area contributed by atoms with E-state index in [1.54, 1.807) is 0 Å². The van der Waals surface area contributed by atoms with Crippen LogP contribution in [0.25, 0.3) is 0 Å². The van der Waals surface area contributed by atoms with Crippen LogP contribution in [-0.4, -0.2) is 0 Å². The van der Waals surface area contributed by atoms with Crippen molar-refractivity contribution in [2.45, 2.75) is 32.7 Å². The summed E-state index contributed by atoms with van der Waals surface area (Å²) in [6, 6.07) is 16.2. The molecule has 1 atom stereocenters. The summed E-state index contributed by atoms with van der Waals surface area (Å²) < 4.78 is 5.85. The molecule has 19 heavy (non-hydrogen) atoms. The first-order valence-corrected chi connectivity index (χ1v) is 6.81. The van der Waals surface area contributed by atoms with E-state index < -0.39 is 0 Å². The third kappa shape index (κ3) is 3.83. The first-order chi connectivity index (χ1) is 9.19. The van der Waals surface area contributed by atoms with Crippen LogP contribution < -0.4 is 10.5 Å². The summed E-state index contributed by atoms with van der Waals surface area (Å²) in [6.45, 7) is 4.16. The first-order valence-electron chi connectivity index (χ1n) is 6.81. The Hall–Kier alpha value is -1.80. The molecule has 0 aliphatic rings. The van der Waals surface area contributed by atoms with Gasteiger partial charge in [0.2, 0.25) is 0 Å². The van der Waals surface area contributed by atoms with E-state index in [0.717, 1.165) is 29.9 Å². The average molecular weight is 255 g/mol. The van der Waals surface area contributed by atoms with Crippen molar-refractivity contribution in [3.8, 4) is 11.5 Å². The molecule has 0 bridgehead atoms. The minimum Gasteiger partial charge on any atom is -0.457 e. The highest BCUT2D eigenvalue weighted by Crippen LogP contribution is 2.24. The van der Waals surface area contributed by atoms with Crippen LogP contribution in [0, 0.1) is 0 Å². The fourth-order valence-electron chi connectivity index (χ4n) is 2.01. The lowest BCUT2D eigenvalue weighted by atomic mass is 10.1. The van der Waals surface area contributed by atoms with Gasteiger partial charge in [-0.15, -0.1) is 0 Å². The average Bonchev–Trinajstić information content (AvgIpc) is 2.42. The Kier molecular flexibility index (Phi) is 4.58. The summed E-state index contributed by atoms with van der Waals surface area (Å²) in [5, 5.41) is 0. The zero-order chi connectivity index (χ0) is 13.7. The van der Waals surface area contributed by atoms with Gasteiger partial charge in [-0.05, 0) is 48.7 Å². The number of aryl methyl sites for hydroxylation is 1. The van der Waals surface area contributed by atoms with Crippen molar-refractivity contribution in [2.24, 2.45) is 5.73 Å². The third-order valence-corrected chi connectivity index (χ3v) is 3.08. The normalized spacial score (nSPS) is 12.2. The van der Waals surface area contributed by atoms with Crippen molar-refractivity contribution in [2.75, 3.05) is 0 Å². The summed E-state index contributed by atoms with van der Waals surface area (Å²) in [6.07, 6.45) is 2.27. The Morgan fingerprint density at radius 2 is 1.79 bits per heavy atom. The number of nitrogens with two attached hydrogens (primary N) is 1. The van der Waals surface area contributed by atoms with E-state index in [2.05, 4.69) is 19.1 Å². The van der Waals surface area contributed by atoms with Gasteiger partial charge in [0, 0.05) is 6.04 Å². The fraction of sp³-hybridized carbons (Fsp3) is 0.294. The number of ether oxygens (including phenoxy) is 1. The maximum absolute atomic E-state index is 5.87. The first kappa shape index (κ1) is 13.6. The van der Waals surface area contributed by atoms with E-state index in [0.29, 0.717) is 0 Å². The SMILES string of the molecule is CCCc1ccc(Oc2cccc(C(C)N)c2)cc1. The molecular formula is C17H21NO. The summed E-state index contributed by atoms with van der Waals surface area (Å²) in [7, 11) is 0. The molecule has 0 radical (unpaired) electrons. The molecule has 0 spiro atoms. The van der Waals surface area contributed by atoms with Gasteiger partial charge >= 0.3 is 0 Å². The smallest absolute Gasteiger partial charge is 0.127 e. The van der Waals surface area contributed by atoms with Gasteiger partial charge < -0.3 is 10.5 Å². The molecule has 1 unspecified atom stereocenters. The number of benzene rings is 2. The predicted octanol–water partition coefficient (Wildman–Crippen LogP) is 4.45. The van der Waals surface area contributed by atoms with Gasteiger partial charge in [0.25, 0.3) is 0 Å². The number of hydrogen-bond acceptors (Lipinski definition) is 2. The maximum Gasteiger partial charge on any atom is 0.127 e. The van der Waals surface area contributed by atoms with Crippen molar-refractivity contribution in [3.63, 3.8) is 0 Å². The minimum atomic E-state index is 0.0236. The Bertz CT molecular complexity index is 517. The molecule has 2 aromatic carbocycles. The Morgan fingerprint density at radius 1 is 1.05 bits per heavy atom. The van der Waals surface area contributed by atoms with Crippen molar-refractivity contribution in [3.05, 3.63) is 59.7 Å². The summed E-state index contributed by atoms with van der Waals surface area (Å²) in [5.74, 6) is 1.69. The molecule has 2 aromatic rings. The van der Waals surface area contributed by atoms with Crippen LogP contribution in [-0.2, 0) is 6.42 Å². The van der Waals surface area contributed by atoms with Crippen LogP contribution >= 0.6 is 0 Å². The quantitative estimate of drug-likeness (QED) is 0.856. The van der Waals surface area contributed by atoms with E-state index in [9.17, 15) is 0 Å². The molecule has 0 saturated carbocycles. The van der Waals surface area contributed by atoms with E-state index >= 15 is 0 Å². The van der Waals surface area contributed by atoms with Crippen LogP contribution in [0.15, 0.2) is 48.5 Å². The maximum atomic E-state index is 5.87. The van der Waals surface area contributed by atoms with Crippen LogP contribution in [0.5, 0.6) is 11.5 Å². The number of hydrogen-bond donors (Lipinski definition) is 1. The molecule has 0 aliphatic heterocycles. The van der Waals surface area contributed by atoms with Crippen molar-refractivity contribution in [1.82, 2.24) is 0 Å². The van der Waals surface area contributed by atoms with Gasteiger partial charge in [0.15, 0.2) is 0 Å². The summed E-state index contributed by atoms with van der Waals surface area (Å²) >= 11 is 0. The summed E-state index contributed by atoms with van der Waals surface area (Å²) in [5.41, 5.74) is 8.30. The Balaban J connectivity index is 2.10. The lowest BCUT2D eigenvalue weighted by molar-refractivity contribution is 0.481. The Morgan fingerprint density at radius 3 is 2.42 bits per heavy atom. The lowest BCUT2D eigenvalue weighted by Crippen LogP contribution is -2.04. The second-order valence-electron chi connectivity index (χ2n) is 4.86. The van der Waals surface area contributed by atoms with Gasteiger partial charge in [0.05, 0.1) is 0 Å². The fourth-order valence-corrected chi connectivity index (χ4v) is 2.01. The number of rotatable bonds is 5. The van der Waals surface area contributed by atoms with Crippen molar-refractivity contribution < 1.29 is 4.74 Å². The predicted molar refractivity (Wildman–Crippen MR) is 79.6 cm³/mol. The molecule has 0 aromatic heterocycles. The van der Waals surface area contributed by atoms with Gasteiger partial charge in [-0.2, -0.15) is 0 Å². The van der Waals surface area contributed by atoms with Crippen molar-refractivity contribution >= 4 is 0 Å². The highest BCUT2D eigenvalue weighted by Gasteiger charge is 2.02. The molecule has 100 valence electrons. The van der Waals surface area contributed by atoms with Crippen LogP contribution in [0.2, 0.25) is 0 Å². The second kappa shape index (κ2) is 6.39. The lowest BCUT2D eigenvalue weighted by Gasteiger charge is -2.10. The Labute approximate surface area is 115 Å². The molecular weight excluding hydrogens is 234 g/mol. The third-order valence-electron chi connectivity index (χ3n) is 3.08. The molecule has 2 nitrogen and oxygen atoms in total. The van der Waals surface area contributed by atoms with Crippen LogP contribution in [0.1, 0.15) is 37.4 Å². The molecule has 2 heteroatoms. The molecule has 2 N–H and O–H groups in total. The molecule has 0 fully saturated rings. The van der Waals surface area contributed by atoms with Crippen molar-refractivity contribution in [1.29, 1.82) is 0 Å². The molecule has 0 heterocycles. The molecule has 0 saturated heterocycles. The van der Waals surface area contributed by atoms with Crippen LogP contribution in [0.3, 0.4) is 0 Å². The highest BCUT2D eigenvalue weighted by atomic mass is 16.5.